The lowest BCUT2D eigenvalue weighted by molar-refractivity contribution is -0.181. The predicted octanol–water partition coefficient (Wildman–Crippen LogP) is 2.71. The first-order chi connectivity index (χ1) is 10.8. The van der Waals surface area contributed by atoms with Gasteiger partial charge >= 0.3 is 6.18 Å². The van der Waals surface area contributed by atoms with Gasteiger partial charge in [-0.1, -0.05) is 0 Å². The van der Waals surface area contributed by atoms with Crippen molar-refractivity contribution in [3.63, 3.8) is 0 Å². The van der Waals surface area contributed by atoms with Gasteiger partial charge in [0, 0.05) is 44.3 Å². The van der Waals surface area contributed by atoms with Gasteiger partial charge in [0.15, 0.2) is 5.96 Å². The van der Waals surface area contributed by atoms with E-state index in [1.165, 1.54) is 11.8 Å². The second-order valence-corrected chi connectivity index (χ2v) is 6.83. The summed E-state index contributed by atoms with van der Waals surface area (Å²) >= 11 is 1.61. The zero-order valence-electron chi connectivity index (χ0n) is 13.9. The molecule has 0 saturated carbocycles. The minimum Gasteiger partial charge on any atom is -0.350 e. The van der Waals surface area contributed by atoms with Crippen LogP contribution in [0.5, 0.6) is 0 Å². The Balaban J connectivity index is 0.00000288. The highest BCUT2D eigenvalue weighted by molar-refractivity contribution is 14.0. The number of aryl methyl sites for hydroxylation is 1. The van der Waals surface area contributed by atoms with Gasteiger partial charge in [-0.2, -0.15) is 13.2 Å². The molecular weight excluding hydrogens is 454 g/mol. The summed E-state index contributed by atoms with van der Waals surface area (Å²) in [4.78, 5) is 13.1. The van der Waals surface area contributed by atoms with Crippen molar-refractivity contribution in [2.45, 2.75) is 32.6 Å². The average molecular weight is 477 g/mol. The molecule has 138 valence electrons. The predicted molar refractivity (Wildman–Crippen MR) is 101 cm³/mol. The molecule has 1 saturated heterocycles. The van der Waals surface area contributed by atoms with E-state index in [1.807, 2.05) is 18.0 Å². The maximum atomic E-state index is 12.8. The largest absolute Gasteiger partial charge is 0.403 e. The first-order valence-electron chi connectivity index (χ1n) is 7.49. The monoisotopic (exact) mass is 477 g/mol. The molecule has 2 heterocycles. The van der Waals surface area contributed by atoms with Gasteiger partial charge in [0.25, 0.3) is 0 Å². The Hall–Kier alpha value is -0.620. The molecule has 10 heteroatoms. The van der Waals surface area contributed by atoms with Crippen LogP contribution in [0, 0.1) is 6.92 Å². The third-order valence-electron chi connectivity index (χ3n) is 3.91. The molecule has 0 bridgehead atoms. The van der Waals surface area contributed by atoms with Gasteiger partial charge in [0.2, 0.25) is 0 Å². The fourth-order valence-electron chi connectivity index (χ4n) is 2.50. The topological polar surface area (TPSA) is 43.8 Å². The molecule has 24 heavy (non-hydrogen) atoms. The van der Waals surface area contributed by atoms with Crippen LogP contribution < -0.4 is 5.32 Å². The van der Waals surface area contributed by atoms with E-state index in [0.717, 1.165) is 9.88 Å². The number of aliphatic imine (C=N–C) groups is 1. The number of guanidine groups is 1. The number of halogens is 4. The zero-order valence-corrected chi connectivity index (χ0v) is 17.1. The molecule has 5 nitrogen and oxygen atoms in total. The van der Waals surface area contributed by atoms with E-state index in [4.69, 9.17) is 0 Å². The molecule has 0 spiro atoms. The van der Waals surface area contributed by atoms with Crippen molar-refractivity contribution in [3.05, 3.63) is 16.1 Å². The fourth-order valence-corrected chi connectivity index (χ4v) is 3.22. The summed E-state index contributed by atoms with van der Waals surface area (Å²) in [7, 11) is 1.68. The van der Waals surface area contributed by atoms with Gasteiger partial charge < -0.3 is 10.2 Å². The SMILES string of the molecule is CN=C(NCc1ncc(C)s1)N1CCN(C(C)C(F)(F)F)CC1.I. The molecule has 1 unspecified atom stereocenters. The molecule has 1 atom stereocenters. The van der Waals surface area contributed by atoms with Crippen molar-refractivity contribution in [2.24, 2.45) is 4.99 Å². The number of alkyl halides is 3. The van der Waals surface area contributed by atoms with Crippen LogP contribution >= 0.6 is 35.3 Å². The van der Waals surface area contributed by atoms with Crippen molar-refractivity contribution in [1.29, 1.82) is 0 Å². The molecule has 1 aliphatic rings. The lowest BCUT2D eigenvalue weighted by Gasteiger charge is -2.39. The van der Waals surface area contributed by atoms with Crippen LogP contribution in [-0.2, 0) is 6.54 Å². The molecule has 0 radical (unpaired) electrons. The van der Waals surface area contributed by atoms with Crippen molar-refractivity contribution in [2.75, 3.05) is 33.2 Å². The summed E-state index contributed by atoms with van der Waals surface area (Å²) in [6.07, 6.45) is -2.35. The molecule has 1 aromatic rings. The number of nitrogens with zero attached hydrogens (tertiary/aromatic N) is 4. The van der Waals surface area contributed by atoms with Crippen LogP contribution in [0.2, 0.25) is 0 Å². The Bertz CT molecular complexity index is 541. The number of hydrogen-bond donors (Lipinski definition) is 1. The highest BCUT2D eigenvalue weighted by Gasteiger charge is 2.41. The second kappa shape index (κ2) is 9.18. The second-order valence-electron chi connectivity index (χ2n) is 5.51. The quantitative estimate of drug-likeness (QED) is 0.413. The molecule has 2 rings (SSSR count). The first kappa shape index (κ1) is 21.4. The molecular formula is C14H23F3IN5S. The maximum Gasteiger partial charge on any atom is 0.403 e. The van der Waals surface area contributed by atoms with E-state index in [-0.39, 0.29) is 24.0 Å². The van der Waals surface area contributed by atoms with Crippen LogP contribution in [0.3, 0.4) is 0 Å². The number of aromatic nitrogens is 1. The molecule has 0 amide bonds. The average Bonchev–Trinajstić information content (AvgIpc) is 2.92. The number of piperazine rings is 1. The van der Waals surface area contributed by atoms with E-state index < -0.39 is 12.2 Å². The number of hydrogen-bond acceptors (Lipinski definition) is 4. The standard InChI is InChI=1S/C14H22F3N5S.HI/c1-10-8-19-12(23-10)9-20-13(18-3)22-6-4-21(5-7-22)11(2)14(15,16)17;/h8,11H,4-7,9H2,1-3H3,(H,18,20);1H. The van der Waals surface area contributed by atoms with Crippen molar-refractivity contribution in [1.82, 2.24) is 20.1 Å². The Morgan fingerprint density at radius 3 is 2.46 bits per heavy atom. The van der Waals surface area contributed by atoms with Crippen LogP contribution in [0.4, 0.5) is 13.2 Å². The molecule has 1 fully saturated rings. The lowest BCUT2D eigenvalue weighted by atomic mass is 10.2. The summed E-state index contributed by atoms with van der Waals surface area (Å²) in [6.45, 7) is 5.58. The molecule has 1 aliphatic heterocycles. The van der Waals surface area contributed by atoms with E-state index in [1.54, 1.807) is 18.4 Å². The Labute approximate surface area is 161 Å². The van der Waals surface area contributed by atoms with Crippen molar-refractivity contribution in [3.8, 4) is 0 Å². The fraction of sp³-hybridized carbons (Fsp3) is 0.714. The Morgan fingerprint density at radius 1 is 1.38 bits per heavy atom. The van der Waals surface area contributed by atoms with Gasteiger partial charge in [-0.3, -0.25) is 9.89 Å². The van der Waals surface area contributed by atoms with Crippen LogP contribution in [0.25, 0.3) is 0 Å². The van der Waals surface area contributed by atoms with E-state index in [2.05, 4.69) is 15.3 Å². The maximum absolute atomic E-state index is 12.8. The smallest absolute Gasteiger partial charge is 0.350 e. The summed E-state index contributed by atoms with van der Waals surface area (Å²) in [5.41, 5.74) is 0. The number of rotatable bonds is 3. The highest BCUT2D eigenvalue weighted by atomic mass is 127. The zero-order chi connectivity index (χ0) is 17.0. The van der Waals surface area contributed by atoms with E-state index in [9.17, 15) is 13.2 Å². The van der Waals surface area contributed by atoms with Gasteiger partial charge in [0.1, 0.15) is 11.0 Å². The van der Waals surface area contributed by atoms with Crippen molar-refractivity contribution < 1.29 is 13.2 Å². The number of thiazole rings is 1. The third-order valence-corrected chi connectivity index (χ3v) is 4.83. The van der Waals surface area contributed by atoms with Crippen LogP contribution in [-0.4, -0.2) is 66.2 Å². The van der Waals surface area contributed by atoms with E-state index in [0.29, 0.717) is 38.7 Å². The van der Waals surface area contributed by atoms with E-state index >= 15 is 0 Å². The van der Waals surface area contributed by atoms with Gasteiger partial charge in [0.05, 0.1) is 6.54 Å². The summed E-state index contributed by atoms with van der Waals surface area (Å²) in [5.74, 6) is 0.706. The third kappa shape index (κ3) is 5.73. The molecule has 1 N–H and O–H groups in total. The Kier molecular flexibility index (Phi) is 8.20. The Morgan fingerprint density at radius 2 is 2.00 bits per heavy atom. The lowest BCUT2D eigenvalue weighted by Crippen LogP contribution is -2.56. The minimum absolute atomic E-state index is 0. The van der Waals surface area contributed by atoms with Crippen LogP contribution in [0.1, 0.15) is 16.8 Å². The number of nitrogens with one attached hydrogen (secondary N) is 1. The van der Waals surface area contributed by atoms with Gasteiger partial charge in [-0.05, 0) is 13.8 Å². The summed E-state index contributed by atoms with van der Waals surface area (Å²) in [6, 6.07) is -1.40. The van der Waals surface area contributed by atoms with Crippen LogP contribution in [0.15, 0.2) is 11.2 Å². The van der Waals surface area contributed by atoms with Crippen molar-refractivity contribution >= 4 is 41.3 Å². The van der Waals surface area contributed by atoms with Gasteiger partial charge in [-0.15, -0.1) is 35.3 Å². The molecule has 1 aromatic heterocycles. The first-order valence-corrected chi connectivity index (χ1v) is 8.30. The normalized spacial score (nSPS) is 18.2. The molecule has 0 aliphatic carbocycles. The van der Waals surface area contributed by atoms with Gasteiger partial charge in [-0.25, -0.2) is 4.98 Å². The summed E-state index contributed by atoms with van der Waals surface area (Å²) < 4.78 is 38.3. The molecule has 0 aromatic carbocycles. The minimum atomic E-state index is -4.18. The summed E-state index contributed by atoms with van der Waals surface area (Å²) in [5, 5.41) is 4.19. The highest BCUT2D eigenvalue weighted by Crippen LogP contribution is 2.25.